The summed E-state index contributed by atoms with van der Waals surface area (Å²) in [5.41, 5.74) is 13.0. The highest BCUT2D eigenvalue weighted by Gasteiger charge is 2.22. The summed E-state index contributed by atoms with van der Waals surface area (Å²) in [7, 11) is 0. The van der Waals surface area contributed by atoms with Crippen molar-refractivity contribution < 1.29 is 24.5 Å². The lowest BCUT2D eigenvalue weighted by Gasteiger charge is -2.29. The lowest BCUT2D eigenvalue weighted by molar-refractivity contribution is -0.139. The van der Waals surface area contributed by atoms with Gasteiger partial charge in [0.1, 0.15) is 5.75 Å². The molecule has 4 aromatic carbocycles. The summed E-state index contributed by atoms with van der Waals surface area (Å²) in [5.74, 6) is 1.82. The van der Waals surface area contributed by atoms with Crippen LogP contribution in [0, 0.1) is 11.8 Å². The van der Waals surface area contributed by atoms with Gasteiger partial charge >= 0.3 is 5.97 Å². The number of aliphatic hydroxyl groups is 2. The minimum atomic E-state index is -0.378. The van der Waals surface area contributed by atoms with Crippen LogP contribution in [0.15, 0.2) is 91.0 Å². The molecule has 0 bridgehead atoms. The van der Waals surface area contributed by atoms with E-state index in [1.807, 2.05) is 6.07 Å². The fraction of sp³-hybridized carbons (Fsp3) is 0.471. The molecule has 0 atom stereocenters. The van der Waals surface area contributed by atoms with Gasteiger partial charge in [-0.1, -0.05) is 120 Å². The van der Waals surface area contributed by atoms with Gasteiger partial charge in [0.05, 0.1) is 13.2 Å². The van der Waals surface area contributed by atoms with Crippen molar-refractivity contribution in [1.29, 1.82) is 0 Å². The summed E-state index contributed by atoms with van der Waals surface area (Å²) in [5, 5.41) is 19.0. The minimum Gasteiger partial charge on any atom is -0.493 e. The van der Waals surface area contributed by atoms with Crippen molar-refractivity contribution in [2.45, 2.75) is 117 Å². The Morgan fingerprint density at radius 3 is 1.89 bits per heavy atom. The molecule has 5 rings (SSSR count). The smallest absolute Gasteiger partial charge is 0.333 e. The monoisotopic (exact) mass is 758 g/mol. The number of aryl methyl sites for hydroxylation is 3. The van der Waals surface area contributed by atoms with Gasteiger partial charge in [-0.15, -0.1) is 0 Å². The average molecular weight is 759 g/mol. The molecule has 1 fully saturated rings. The van der Waals surface area contributed by atoms with Gasteiger partial charge in [0.25, 0.3) is 0 Å². The van der Waals surface area contributed by atoms with Gasteiger partial charge in [-0.2, -0.15) is 0 Å². The predicted octanol–water partition coefficient (Wildman–Crippen LogP) is 12.1. The highest BCUT2D eigenvalue weighted by atomic mass is 16.5. The van der Waals surface area contributed by atoms with Crippen LogP contribution < -0.4 is 4.74 Å². The van der Waals surface area contributed by atoms with Crippen molar-refractivity contribution in [3.05, 3.63) is 113 Å². The molecule has 2 N–H and O–H groups in total. The highest BCUT2D eigenvalue weighted by Crippen LogP contribution is 2.39. The molecule has 1 aliphatic rings. The first kappa shape index (κ1) is 42.9. The second kappa shape index (κ2) is 21.9. The Morgan fingerprint density at radius 2 is 1.30 bits per heavy atom. The van der Waals surface area contributed by atoms with E-state index in [-0.39, 0.29) is 25.1 Å². The van der Waals surface area contributed by atoms with Crippen LogP contribution in [0.3, 0.4) is 0 Å². The number of esters is 1. The van der Waals surface area contributed by atoms with E-state index in [1.165, 1.54) is 95.9 Å². The number of hydrogen-bond acceptors (Lipinski definition) is 5. The summed E-state index contributed by atoms with van der Waals surface area (Å²) in [6.07, 6.45) is 14.7. The van der Waals surface area contributed by atoms with Gasteiger partial charge in [-0.3, -0.25) is 0 Å². The average Bonchev–Trinajstić information content (AvgIpc) is 3.24. The SMILES string of the molecule is C=C(C)C(=O)OCCCc1cc(-c2ccc(-c3ccc(-c4ccc(C5CCC(CCCCC)CC5)cc4)c(CC)c3)cc2CC)ccc1OCCC(CO)CO. The van der Waals surface area contributed by atoms with Crippen LogP contribution in [0.1, 0.15) is 120 Å². The Morgan fingerprint density at radius 1 is 0.714 bits per heavy atom. The van der Waals surface area contributed by atoms with E-state index >= 15 is 0 Å². The molecule has 0 amide bonds. The summed E-state index contributed by atoms with van der Waals surface area (Å²) in [6, 6.07) is 29.6. The zero-order chi connectivity index (χ0) is 39.9. The first-order valence-corrected chi connectivity index (χ1v) is 21.4. The maximum Gasteiger partial charge on any atom is 0.333 e. The standard InChI is InChI=1S/C51H66O5/c1-6-9-10-12-37-14-16-41(17-15-37)42-18-20-43(21-19-42)48-25-22-44(31-39(48)7-2)45-23-26-49(40(8-3)32-45)46-24-27-50(55-30-28-38(34-52)35-53)47(33-46)13-11-29-56-51(54)36(4)5/h18-27,31-33,37-38,41,52-53H,4,6-17,28-30,34-35H2,1-3,5H3. The van der Waals surface area contributed by atoms with E-state index in [1.54, 1.807) is 6.92 Å². The molecule has 300 valence electrons. The number of benzene rings is 4. The maximum atomic E-state index is 11.9. The van der Waals surface area contributed by atoms with Gasteiger partial charge in [-0.25, -0.2) is 4.79 Å². The third-order valence-corrected chi connectivity index (χ3v) is 11.9. The van der Waals surface area contributed by atoms with Gasteiger partial charge in [0.15, 0.2) is 0 Å². The molecule has 1 aliphatic carbocycles. The van der Waals surface area contributed by atoms with E-state index in [2.05, 4.69) is 100 Å². The summed E-state index contributed by atoms with van der Waals surface area (Å²) >= 11 is 0. The minimum absolute atomic E-state index is 0.0761. The molecule has 0 unspecified atom stereocenters. The van der Waals surface area contributed by atoms with Crippen LogP contribution in [0.5, 0.6) is 5.75 Å². The molecule has 4 aromatic rings. The normalized spacial score (nSPS) is 15.6. The topological polar surface area (TPSA) is 76.0 Å². The van der Waals surface area contributed by atoms with Crippen LogP contribution in [0.4, 0.5) is 0 Å². The summed E-state index contributed by atoms with van der Waals surface area (Å²) in [6.45, 7) is 12.6. The zero-order valence-electron chi connectivity index (χ0n) is 34.6. The lowest BCUT2D eigenvalue weighted by atomic mass is 9.77. The maximum absolute atomic E-state index is 11.9. The van der Waals surface area contributed by atoms with Crippen LogP contribution >= 0.6 is 0 Å². The second-order valence-corrected chi connectivity index (χ2v) is 16.0. The number of aliphatic hydroxyl groups excluding tert-OH is 2. The van der Waals surface area contributed by atoms with Crippen molar-refractivity contribution in [3.63, 3.8) is 0 Å². The molecule has 0 heterocycles. The van der Waals surface area contributed by atoms with E-state index in [4.69, 9.17) is 9.47 Å². The molecule has 0 radical (unpaired) electrons. The first-order chi connectivity index (χ1) is 27.3. The molecule has 0 aliphatic heterocycles. The highest BCUT2D eigenvalue weighted by molar-refractivity contribution is 5.86. The fourth-order valence-electron chi connectivity index (χ4n) is 8.31. The molecule has 0 saturated heterocycles. The Kier molecular flexibility index (Phi) is 16.8. The zero-order valence-corrected chi connectivity index (χ0v) is 34.6. The quantitative estimate of drug-likeness (QED) is 0.0503. The van der Waals surface area contributed by atoms with Crippen molar-refractivity contribution >= 4 is 5.97 Å². The van der Waals surface area contributed by atoms with Crippen LogP contribution in [0.25, 0.3) is 33.4 Å². The Labute approximate surface area is 337 Å². The number of carbonyl (C=O) groups is 1. The summed E-state index contributed by atoms with van der Waals surface area (Å²) in [4.78, 5) is 11.9. The Hall–Kier alpha value is -4.19. The van der Waals surface area contributed by atoms with Gasteiger partial charge in [-0.05, 0) is 144 Å². The lowest BCUT2D eigenvalue weighted by Crippen LogP contribution is -2.15. The van der Waals surface area contributed by atoms with E-state index in [0.717, 1.165) is 35.6 Å². The molecule has 56 heavy (non-hydrogen) atoms. The molecule has 0 spiro atoms. The largest absolute Gasteiger partial charge is 0.493 e. The van der Waals surface area contributed by atoms with E-state index in [9.17, 15) is 15.0 Å². The van der Waals surface area contributed by atoms with Gasteiger partial charge in [0, 0.05) is 24.7 Å². The predicted molar refractivity (Wildman–Crippen MR) is 232 cm³/mol. The molecular formula is C51H66O5. The van der Waals surface area contributed by atoms with E-state index < -0.39 is 0 Å². The Balaban J connectivity index is 1.31. The third kappa shape index (κ3) is 11.7. The molecule has 1 saturated carbocycles. The molecule has 5 heteroatoms. The van der Waals surface area contributed by atoms with Crippen molar-refractivity contribution in [2.75, 3.05) is 26.4 Å². The number of carbonyl (C=O) groups excluding carboxylic acids is 1. The molecule has 0 aromatic heterocycles. The molecular weight excluding hydrogens is 693 g/mol. The van der Waals surface area contributed by atoms with Gasteiger partial charge < -0.3 is 19.7 Å². The number of ether oxygens (including phenoxy) is 2. The van der Waals surface area contributed by atoms with Gasteiger partial charge in [0.2, 0.25) is 0 Å². The van der Waals surface area contributed by atoms with Crippen molar-refractivity contribution in [1.82, 2.24) is 0 Å². The van der Waals surface area contributed by atoms with Crippen molar-refractivity contribution in [2.24, 2.45) is 11.8 Å². The van der Waals surface area contributed by atoms with Crippen LogP contribution in [-0.2, 0) is 28.8 Å². The first-order valence-electron chi connectivity index (χ1n) is 21.4. The number of hydrogen-bond donors (Lipinski definition) is 2. The van der Waals surface area contributed by atoms with Crippen molar-refractivity contribution in [3.8, 4) is 39.1 Å². The fourth-order valence-corrected chi connectivity index (χ4v) is 8.31. The summed E-state index contributed by atoms with van der Waals surface area (Å²) < 4.78 is 11.6. The molecule has 5 nitrogen and oxygen atoms in total. The third-order valence-electron chi connectivity index (χ3n) is 11.9. The second-order valence-electron chi connectivity index (χ2n) is 16.0. The van der Waals surface area contributed by atoms with E-state index in [0.29, 0.717) is 44.0 Å². The number of unbranched alkanes of at least 4 members (excludes halogenated alkanes) is 2. The number of rotatable bonds is 21. The van der Waals surface area contributed by atoms with Crippen LogP contribution in [-0.4, -0.2) is 42.6 Å². The Bertz CT molecular complexity index is 1850. The van der Waals surface area contributed by atoms with Crippen LogP contribution in [0.2, 0.25) is 0 Å².